The van der Waals surface area contributed by atoms with E-state index in [0.29, 0.717) is 18.5 Å². The fraction of sp³-hybridized carbons (Fsp3) is 1.00. The Kier molecular flexibility index (Phi) is 12.0. The zero-order valence-electron chi connectivity index (χ0n) is 17.6. The molecule has 0 saturated heterocycles. The Labute approximate surface area is 162 Å². The van der Waals surface area contributed by atoms with E-state index >= 15 is 0 Å². The Balaban J connectivity index is 0. The lowest BCUT2D eigenvalue weighted by atomic mass is 9.37. The van der Waals surface area contributed by atoms with E-state index in [1.54, 1.807) is 0 Å². The molecule has 0 aromatic heterocycles. The number of hydrogen-bond donors (Lipinski definition) is 1. The van der Waals surface area contributed by atoms with Gasteiger partial charge < -0.3 is 5.64 Å². The number of rotatable bonds is 2. The van der Waals surface area contributed by atoms with Crippen LogP contribution in [0.25, 0.3) is 0 Å². The van der Waals surface area contributed by atoms with Gasteiger partial charge in [0.15, 0.2) is 0 Å². The normalized spacial score (nSPS) is 45.7. The van der Waals surface area contributed by atoms with Crippen LogP contribution in [0.15, 0.2) is 0 Å². The van der Waals surface area contributed by atoms with E-state index in [1.807, 2.05) is 0 Å². The summed E-state index contributed by atoms with van der Waals surface area (Å²) in [6, 6.07) is 0. The molecule has 0 heterocycles. The van der Waals surface area contributed by atoms with E-state index in [0.717, 1.165) is 47.3 Å². The molecule has 0 aliphatic heterocycles. The summed E-state index contributed by atoms with van der Waals surface area (Å²) >= 11 is 0. The Hall–Kier alpha value is 0.0249. The van der Waals surface area contributed by atoms with Gasteiger partial charge in [-0.25, -0.2) is 0 Å². The van der Waals surface area contributed by atoms with E-state index in [4.69, 9.17) is 5.64 Å². The lowest BCUT2D eigenvalue weighted by molar-refractivity contribution is 0.352. The standard InChI is InChI=1S/C18H36BN.C3H8.2CH4/c1-9-10(2)14(6)17(13(9)5)19(20)18-15(7)11(3)12(4)16(18)8;1-3-2;;/h9-18H,20H2,1-8H3;3H2,1-2H3;2*1H4. The van der Waals surface area contributed by atoms with E-state index < -0.39 is 0 Å². The van der Waals surface area contributed by atoms with Crippen molar-refractivity contribution in [1.29, 1.82) is 0 Å². The average Bonchev–Trinajstić information content (AvgIpc) is 2.81. The van der Waals surface area contributed by atoms with Crippen LogP contribution >= 0.6 is 0 Å². The molecule has 8 unspecified atom stereocenters. The third-order valence-corrected chi connectivity index (χ3v) is 8.29. The van der Waals surface area contributed by atoms with E-state index in [-0.39, 0.29) is 14.9 Å². The van der Waals surface area contributed by atoms with Crippen LogP contribution in [-0.2, 0) is 0 Å². The lowest BCUT2D eigenvalue weighted by Crippen LogP contribution is -2.43. The predicted molar refractivity (Wildman–Crippen MR) is 120 cm³/mol. The molecule has 2 aliphatic carbocycles. The monoisotopic (exact) mass is 353 g/mol. The van der Waals surface area contributed by atoms with Crippen molar-refractivity contribution in [1.82, 2.24) is 0 Å². The molecule has 2 aliphatic rings. The average molecular weight is 353 g/mol. The van der Waals surface area contributed by atoms with Crippen LogP contribution in [0.2, 0.25) is 11.6 Å². The minimum absolute atomic E-state index is 0. The maximum atomic E-state index is 6.89. The van der Waals surface area contributed by atoms with Crippen LogP contribution in [0.3, 0.4) is 0 Å². The Morgan fingerprint density at radius 1 is 0.520 bits per heavy atom. The molecule has 0 spiro atoms. The third-order valence-electron chi connectivity index (χ3n) is 8.29. The van der Waals surface area contributed by atoms with Crippen molar-refractivity contribution in [3.63, 3.8) is 0 Å². The molecule has 0 aromatic rings. The van der Waals surface area contributed by atoms with E-state index in [9.17, 15) is 0 Å². The van der Waals surface area contributed by atoms with Crippen LogP contribution < -0.4 is 5.64 Å². The quantitative estimate of drug-likeness (QED) is 0.512. The summed E-state index contributed by atoms with van der Waals surface area (Å²) in [6.07, 6.45) is 1.25. The molecule has 0 amide bonds. The van der Waals surface area contributed by atoms with E-state index in [1.165, 1.54) is 6.42 Å². The SMILES string of the molecule is C.C.CC1C(C)C(C)C(B(N)C2C(C)C(C)C(C)C2C)C1C.CCC. The second kappa shape index (κ2) is 11.0. The molecule has 2 heteroatoms. The molecule has 2 saturated carbocycles. The molecule has 2 N–H and O–H groups in total. The molecular weight excluding hydrogens is 301 g/mol. The van der Waals surface area contributed by atoms with Gasteiger partial charge >= 0.3 is 0 Å². The fourth-order valence-corrected chi connectivity index (χ4v) is 5.93. The Morgan fingerprint density at radius 2 is 0.680 bits per heavy atom. The van der Waals surface area contributed by atoms with Crippen LogP contribution in [0.5, 0.6) is 0 Å². The van der Waals surface area contributed by atoms with Gasteiger partial charge in [0.05, 0.1) is 0 Å². The number of nitrogens with two attached hydrogens (primary N) is 1. The van der Waals surface area contributed by atoms with Gasteiger partial charge in [-0.15, -0.1) is 0 Å². The fourth-order valence-electron chi connectivity index (χ4n) is 5.93. The summed E-state index contributed by atoms with van der Waals surface area (Å²) in [4.78, 5) is 0. The first-order valence-electron chi connectivity index (χ1n) is 10.4. The summed E-state index contributed by atoms with van der Waals surface area (Å²) in [6.45, 7) is 24.2. The Morgan fingerprint density at radius 3 is 0.840 bits per heavy atom. The van der Waals surface area contributed by atoms with Gasteiger partial charge in [-0.3, -0.25) is 0 Å². The van der Waals surface area contributed by atoms with Gasteiger partial charge in [-0.1, -0.05) is 90.5 Å². The van der Waals surface area contributed by atoms with Gasteiger partial charge in [0, 0.05) is 0 Å². The number of hydrogen-bond acceptors (Lipinski definition) is 1. The van der Waals surface area contributed by atoms with Gasteiger partial charge in [-0.2, -0.15) is 0 Å². The maximum Gasteiger partial charge on any atom is 0.225 e. The van der Waals surface area contributed by atoms with Gasteiger partial charge in [0.2, 0.25) is 6.85 Å². The Bertz CT molecular complexity index is 298. The summed E-state index contributed by atoms with van der Waals surface area (Å²) < 4.78 is 0. The smallest absolute Gasteiger partial charge is 0.225 e. The molecule has 0 radical (unpaired) electrons. The molecule has 0 bridgehead atoms. The van der Waals surface area contributed by atoms with Crippen LogP contribution in [0.4, 0.5) is 0 Å². The summed E-state index contributed by atoms with van der Waals surface area (Å²) in [5, 5.41) is 0. The first-order chi connectivity index (χ1) is 10.6. The molecule has 1 nitrogen and oxygen atoms in total. The highest BCUT2D eigenvalue weighted by molar-refractivity contribution is 6.59. The van der Waals surface area contributed by atoms with Crippen molar-refractivity contribution in [2.24, 2.45) is 53.0 Å². The first kappa shape index (κ1) is 27.2. The van der Waals surface area contributed by atoms with Gasteiger partial charge in [0.25, 0.3) is 0 Å². The van der Waals surface area contributed by atoms with Crippen molar-refractivity contribution in [3.05, 3.63) is 0 Å². The van der Waals surface area contributed by atoms with Crippen molar-refractivity contribution >= 4 is 6.85 Å². The lowest BCUT2D eigenvalue weighted by Gasteiger charge is -2.34. The minimum Gasteiger partial charge on any atom is -0.369 e. The maximum absolute atomic E-state index is 6.89. The second-order valence-electron chi connectivity index (χ2n) is 9.31. The zero-order valence-corrected chi connectivity index (χ0v) is 17.6. The predicted octanol–water partition coefficient (Wildman–Crippen LogP) is 7.48. The molecule has 2 rings (SSSR count). The first-order valence-corrected chi connectivity index (χ1v) is 10.4. The van der Waals surface area contributed by atoms with Crippen molar-refractivity contribution in [2.75, 3.05) is 0 Å². The summed E-state index contributed by atoms with van der Waals surface area (Å²) in [5.41, 5.74) is 6.89. The van der Waals surface area contributed by atoms with Gasteiger partial charge in [-0.05, 0) is 59.0 Å². The highest BCUT2D eigenvalue weighted by Crippen LogP contribution is 2.57. The van der Waals surface area contributed by atoms with Crippen molar-refractivity contribution in [2.45, 2.75) is 102 Å². The molecule has 25 heavy (non-hydrogen) atoms. The zero-order chi connectivity index (χ0) is 18.1. The summed E-state index contributed by atoms with van der Waals surface area (Å²) in [7, 11) is 0. The topological polar surface area (TPSA) is 26.0 Å². The highest BCUT2D eigenvalue weighted by Gasteiger charge is 2.53. The highest BCUT2D eigenvalue weighted by atomic mass is 14.6. The second-order valence-corrected chi connectivity index (χ2v) is 9.31. The molecule has 0 aromatic carbocycles. The van der Waals surface area contributed by atoms with E-state index in [2.05, 4.69) is 69.2 Å². The van der Waals surface area contributed by atoms with Crippen molar-refractivity contribution < 1.29 is 0 Å². The largest absolute Gasteiger partial charge is 0.369 e. The van der Waals surface area contributed by atoms with Crippen LogP contribution in [0.1, 0.15) is 90.5 Å². The summed E-state index contributed by atoms with van der Waals surface area (Å²) in [5.74, 6) is 7.83. The molecule has 152 valence electrons. The van der Waals surface area contributed by atoms with Crippen LogP contribution in [0, 0.1) is 47.3 Å². The third kappa shape index (κ3) is 5.05. The van der Waals surface area contributed by atoms with Gasteiger partial charge in [0.1, 0.15) is 0 Å². The molecule has 2 fully saturated rings. The van der Waals surface area contributed by atoms with Crippen molar-refractivity contribution in [3.8, 4) is 0 Å². The molecule has 8 atom stereocenters. The van der Waals surface area contributed by atoms with Crippen LogP contribution in [-0.4, -0.2) is 6.85 Å². The minimum atomic E-state index is 0. The molecular formula is C23H52BN.